The van der Waals surface area contributed by atoms with E-state index < -0.39 is 0 Å². The molecule has 15 heavy (non-hydrogen) atoms. The van der Waals surface area contributed by atoms with Gasteiger partial charge < -0.3 is 10.6 Å². The minimum atomic E-state index is 0.110. The van der Waals surface area contributed by atoms with Crippen molar-refractivity contribution in [1.82, 2.24) is 10.6 Å². The highest BCUT2D eigenvalue weighted by Crippen LogP contribution is 2.05. The Morgan fingerprint density at radius 2 is 2.07 bits per heavy atom. The second kappa shape index (κ2) is 4.94. The first-order chi connectivity index (χ1) is 7.34. The molecule has 1 amide bonds. The number of nitrogens with one attached hydrogen (secondary N) is 2. The Morgan fingerprint density at radius 3 is 2.80 bits per heavy atom. The average molecular weight is 204 g/mol. The Balaban J connectivity index is 1.80. The van der Waals surface area contributed by atoms with Gasteiger partial charge in [0, 0.05) is 12.6 Å². The summed E-state index contributed by atoms with van der Waals surface area (Å²) in [6.07, 6.45) is 2.02. The summed E-state index contributed by atoms with van der Waals surface area (Å²) in [5.41, 5.74) is 1.33. The van der Waals surface area contributed by atoms with Gasteiger partial charge in [-0.05, 0) is 18.4 Å². The Morgan fingerprint density at radius 1 is 1.27 bits per heavy atom. The van der Waals surface area contributed by atoms with Crippen LogP contribution in [0.25, 0.3) is 0 Å². The molecule has 1 saturated heterocycles. The molecule has 0 radical (unpaired) electrons. The molecule has 3 heteroatoms. The van der Waals surface area contributed by atoms with E-state index in [1.165, 1.54) is 5.56 Å². The molecule has 3 nitrogen and oxygen atoms in total. The number of hydrogen-bond donors (Lipinski definition) is 2. The predicted molar refractivity (Wildman–Crippen MR) is 59.6 cm³/mol. The second-order valence-electron chi connectivity index (χ2n) is 3.92. The molecule has 0 unspecified atom stereocenters. The largest absolute Gasteiger partial charge is 0.351 e. The van der Waals surface area contributed by atoms with Crippen LogP contribution in [-0.4, -0.2) is 25.0 Å². The maximum atomic E-state index is 11.1. The molecule has 2 N–H and O–H groups in total. The van der Waals surface area contributed by atoms with E-state index in [2.05, 4.69) is 22.8 Å². The van der Waals surface area contributed by atoms with Gasteiger partial charge in [0.1, 0.15) is 0 Å². The number of amides is 1. The minimum absolute atomic E-state index is 0.110. The van der Waals surface area contributed by atoms with Gasteiger partial charge in [-0.15, -0.1) is 0 Å². The molecule has 0 spiro atoms. The number of carbonyl (C=O) groups is 1. The van der Waals surface area contributed by atoms with E-state index in [1.807, 2.05) is 18.2 Å². The lowest BCUT2D eigenvalue weighted by Crippen LogP contribution is -2.52. The van der Waals surface area contributed by atoms with Crippen LogP contribution in [0.5, 0.6) is 0 Å². The van der Waals surface area contributed by atoms with Gasteiger partial charge in [0.25, 0.3) is 0 Å². The SMILES string of the molecule is O=C1CNC[C@H](CCc2ccccc2)N1. The van der Waals surface area contributed by atoms with E-state index in [4.69, 9.17) is 0 Å². The van der Waals surface area contributed by atoms with Gasteiger partial charge in [-0.1, -0.05) is 30.3 Å². The van der Waals surface area contributed by atoms with Crippen molar-refractivity contribution in [1.29, 1.82) is 0 Å². The third-order valence-corrected chi connectivity index (χ3v) is 2.67. The molecule has 1 atom stereocenters. The van der Waals surface area contributed by atoms with Gasteiger partial charge >= 0.3 is 0 Å². The van der Waals surface area contributed by atoms with Crippen LogP contribution in [-0.2, 0) is 11.2 Å². The fourth-order valence-electron chi connectivity index (χ4n) is 1.85. The van der Waals surface area contributed by atoms with Crippen molar-refractivity contribution in [3.63, 3.8) is 0 Å². The summed E-state index contributed by atoms with van der Waals surface area (Å²) in [4.78, 5) is 11.1. The molecule has 1 aromatic rings. The predicted octanol–water partition coefficient (Wildman–Crippen LogP) is 0.707. The third kappa shape index (κ3) is 3.06. The van der Waals surface area contributed by atoms with E-state index in [0.29, 0.717) is 6.54 Å². The lowest BCUT2D eigenvalue weighted by atomic mass is 10.0. The van der Waals surface area contributed by atoms with Crippen LogP contribution in [0.3, 0.4) is 0 Å². The fraction of sp³-hybridized carbons (Fsp3) is 0.417. The Kier molecular flexibility index (Phi) is 3.35. The Labute approximate surface area is 89.9 Å². The summed E-state index contributed by atoms with van der Waals surface area (Å²) < 4.78 is 0. The highest BCUT2D eigenvalue weighted by atomic mass is 16.2. The molecule has 0 aromatic heterocycles. The van der Waals surface area contributed by atoms with Crippen molar-refractivity contribution < 1.29 is 4.79 Å². The zero-order valence-electron chi connectivity index (χ0n) is 8.70. The van der Waals surface area contributed by atoms with Crippen molar-refractivity contribution in [2.45, 2.75) is 18.9 Å². The molecule has 2 rings (SSSR count). The molecule has 1 aliphatic rings. The quantitative estimate of drug-likeness (QED) is 0.761. The standard InChI is InChI=1S/C12H16N2O/c15-12-9-13-8-11(14-12)7-6-10-4-2-1-3-5-10/h1-5,11,13H,6-9H2,(H,14,15)/t11-/m0/s1. The third-order valence-electron chi connectivity index (χ3n) is 2.67. The van der Waals surface area contributed by atoms with Crippen LogP contribution in [0, 0.1) is 0 Å². The molecule has 1 aromatic carbocycles. The average Bonchev–Trinajstić information content (AvgIpc) is 2.28. The molecule has 1 heterocycles. The first-order valence-electron chi connectivity index (χ1n) is 5.38. The number of carbonyl (C=O) groups excluding carboxylic acids is 1. The van der Waals surface area contributed by atoms with Gasteiger partial charge in [0.05, 0.1) is 6.54 Å². The zero-order chi connectivity index (χ0) is 10.5. The lowest BCUT2D eigenvalue weighted by molar-refractivity contribution is -0.122. The highest BCUT2D eigenvalue weighted by Gasteiger charge is 2.16. The molecule has 0 bridgehead atoms. The van der Waals surface area contributed by atoms with Crippen molar-refractivity contribution in [3.05, 3.63) is 35.9 Å². The molecule has 1 aliphatic heterocycles. The first kappa shape index (κ1) is 10.2. The molecular weight excluding hydrogens is 188 g/mol. The smallest absolute Gasteiger partial charge is 0.234 e. The normalized spacial score (nSPS) is 21.1. The van der Waals surface area contributed by atoms with Crippen LogP contribution in [0.4, 0.5) is 0 Å². The zero-order valence-corrected chi connectivity index (χ0v) is 8.70. The highest BCUT2D eigenvalue weighted by molar-refractivity contribution is 5.79. The number of rotatable bonds is 3. The molecular formula is C12H16N2O. The molecule has 0 aliphatic carbocycles. The molecule has 1 fully saturated rings. The van der Waals surface area contributed by atoms with Crippen molar-refractivity contribution in [2.24, 2.45) is 0 Å². The maximum absolute atomic E-state index is 11.1. The summed E-state index contributed by atoms with van der Waals surface area (Å²) in [5.74, 6) is 0.110. The number of aryl methyl sites for hydroxylation is 1. The summed E-state index contributed by atoms with van der Waals surface area (Å²) in [6.45, 7) is 1.35. The van der Waals surface area contributed by atoms with Crippen LogP contribution >= 0.6 is 0 Å². The van der Waals surface area contributed by atoms with Gasteiger partial charge in [-0.3, -0.25) is 4.79 Å². The van der Waals surface area contributed by atoms with E-state index in [0.717, 1.165) is 19.4 Å². The van der Waals surface area contributed by atoms with Crippen LogP contribution in [0.2, 0.25) is 0 Å². The second-order valence-corrected chi connectivity index (χ2v) is 3.92. The van der Waals surface area contributed by atoms with E-state index in [9.17, 15) is 4.79 Å². The Hall–Kier alpha value is -1.35. The van der Waals surface area contributed by atoms with Crippen molar-refractivity contribution in [3.8, 4) is 0 Å². The topological polar surface area (TPSA) is 41.1 Å². The number of hydrogen-bond acceptors (Lipinski definition) is 2. The van der Waals surface area contributed by atoms with Crippen molar-refractivity contribution >= 4 is 5.91 Å². The summed E-state index contributed by atoms with van der Waals surface area (Å²) in [5, 5.41) is 6.09. The molecule has 0 saturated carbocycles. The van der Waals surface area contributed by atoms with E-state index in [1.54, 1.807) is 0 Å². The Bertz CT molecular complexity index is 324. The number of piperazine rings is 1. The lowest BCUT2D eigenvalue weighted by Gasteiger charge is -2.24. The maximum Gasteiger partial charge on any atom is 0.234 e. The van der Waals surface area contributed by atoms with Gasteiger partial charge in [-0.25, -0.2) is 0 Å². The fourth-order valence-corrected chi connectivity index (χ4v) is 1.85. The van der Waals surface area contributed by atoms with Crippen molar-refractivity contribution in [2.75, 3.05) is 13.1 Å². The van der Waals surface area contributed by atoms with Gasteiger partial charge in [0.2, 0.25) is 5.91 Å². The van der Waals surface area contributed by atoms with Crippen LogP contribution < -0.4 is 10.6 Å². The summed E-state index contributed by atoms with van der Waals surface area (Å²) in [7, 11) is 0. The van der Waals surface area contributed by atoms with E-state index >= 15 is 0 Å². The summed E-state index contributed by atoms with van der Waals surface area (Å²) in [6, 6.07) is 10.6. The summed E-state index contributed by atoms with van der Waals surface area (Å²) >= 11 is 0. The minimum Gasteiger partial charge on any atom is -0.351 e. The van der Waals surface area contributed by atoms with Crippen LogP contribution in [0.1, 0.15) is 12.0 Å². The molecule has 80 valence electrons. The first-order valence-corrected chi connectivity index (χ1v) is 5.38. The van der Waals surface area contributed by atoms with Crippen LogP contribution in [0.15, 0.2) is 30.3 Å². The monoisotopic (exact) mass is 204 g/mol. The van der Waals surface area contributed by atoms with Gasteiger partial charge in [0.15, 0.2) is 0 Å². The number of benzene rings is 1. The van der Waals surface area contributed by atoms with E-state index in [-0.39, 0.29) is 11.9 Å². The van der Waals surface area contributed by atoms with Gasteiger partial charge in [-0.2, -0.15) is 0 Å².